The van der Waals surface area contributed by atoms with E-state index in [1.54, 1.807) is 0 Å². The highest BCUT2D eigenvalue weighted by Crippen LogP contribution is 2.13. The maximum atomic E-state index is 10.9. The van der Waals surface area contributed by atoms with Crippen molar-refractivity contribution in [3.8, 4) is 11.8 Å². The van der Waals surface area contributed by atoms with Crippen molar-refractivity contribution < 1.29 is 9.65 Å². The first kappa shape index (κ1) is 11.3. The van der Waals surface area contributed by atoms with Crippen molar-refractivity contribution in [3.63, 3.8) is 0 Å². The lowest BCUT2D eigenvalue weighted by atomic mass is 10.2. The monoisotopic (exact) mass is 224 g/mol. The minimum atomic E-state index is -0.565. The zero-order valence-corrected chi connectivity index (χ0v) is 8.61. The van der Waals surface area contributed by atoms with Crippen molar-refractivity contribution in [1.82, 2.24) is 0 Å². The summed E-state index contributed by atoms with van der Waals surface area (Å²) in [6.07, 6.45) is 2.68. The molecular formula is C9H8N2O3S. The molecule has 0 bridgehead atoms. The molecular weight excluding hydrogens is 216 g/mol. The highest BCUT2D eigenvalue weighted by Gasteiger charge is 2.14. The summed E-state index contributed by atoms with van der Waals surface area (Å²) in [5.41, 5.74) is -0.0342. The Balaban J connectivity index is 3.09. The quantitative estimate of drug-likeness (QED) is 0.203. The smallest absolute Gasteiger partial charge is 0.297 e. The zero-order chi connectivity index (χ0) is 11.3. The van der Waals surface area contributed by atoms with E-state index in [1.165, 1.54) is 0 Å². The average molecular weight is 224 g/mol. The van der Waals surface area contributed by atoms with Crippen LogP contribution in [0.25, 0.3) is 0 Å². The third-order valence-corrected chi connectivity index (χ3v) is 1.79. The van der Waals surface area contributed by atoms with Gasteiger partial charge in [0.15, 0.2) is 11.8 Å². The molecule has 0 fully saturated rings. The lowest BCUT2D eigenvalue weighted by molar-refractivity contribution is -0.606. The second kappa shape index (κ2) is 5.22. The van der Waals surface area contributed by atoms with Crippen LogP contribution < -0.4 is 4.73 Å². The summed E-state index contributed by atoms with van der Waals surface area (Å²) < 4.78 is 0.484. The molecule has 0 N–H and O–H groups in total. The van der Waals surface area contributed by atoms with E-state index in [1.807, 2.05) is 0 Å². The van der Waals surface area contributed by atoms with Crippen LogP contribution in [0, 0.1) is 27.2 Å². The van der Waals surface area contributed by atoms with Gasteiger partial charge in [-0.1, -0.05) is 11.8 Å². The molecule has 0 aliphatic heterocycles. The maximum absolute atomic E-state index is 10.9. The van der Waals surface area contributed by atoms with Crippen molar-refractivity contribution in [1.29, 1.82) is 0 Å². The molecule has 0 saturated heterocycles. The molecule has 78 valence electrons. The molecule has 0 saturated carbocycles. The van der Waals surface area contributed by atoms with Crippen LogP contribution in [0.4, 0.5) is 5.69 Å². The number of thiol groups is 1. The van der Waals surface area contributed by atoms with Crippen LogP contribution in [0.15, 0.2) is 18.5 Å². The van der Waals surface area contributed by atoms with Crippen LogP contribution >= 0.6 is 12.6 Å². The standard InChI is InChI=1S/C9H8N2O3S/c12-10-5-4-9(11(13)14)8(7-10)3-1-2-6-15/h4-5,7,15H,2,6H2. The fraction of sp³-hybridized carbons (Fsp3) is 0.222. The molecule has 0 atom stereocenters. The van der Waals surface area contributed by atoms with E-state index < -0.39 is 4.92 Å². The molecule has 6 heteroatoms. The fourth-order valence-corrected chi connectivity index (χ4v) is 1.05. The first-order valence-electron chi connectivity index (χ1n) is 4.12. The zero-order valence-electron chi connectivity index (χ0n) is 7.71. The van der Waals surface area contributed by atoms with Crippen molar-refractivity contribution in [2.45, 2.75) is 6.42 Å². The second-order valence-electron chi connectivity index (χ2n) is 2.64. The lowest BCUT2D eigenvalue weighted by Crippen LogP contribution is -2.25. The van der Waals surface area contributed by atoms with Gasteiger partial charge in [0.1, 0.15) is 0 Å². The van der Waals surface area contributed by atoms with E-state index >= 15 is 0 Å². The normalized spacial score (nSPS) is 9.13. The molecule has 1 aromatic rings. The molecule has 0 amide bonds. The van der Waals surface area contributed by atoms with Gasteiger partial charge in [0.2, 0.25) is 6.20 Å². The number of aromatic nitrogens is 1. The van der Waals surface area contributed by atoms with E-state index in [4.69, 9.17) is 0 Å². The molecule has 0 aliphatic carbocycles. The Kier molecular flexibility index (Phi) is 3.94. The first-order valence-corrected chi connectivity index (χ1v) is 4.75. The number of pyridine rings is 1. The SMILES string of the molecule is O=[N+]([O-])c1cc[n+]([O-])cc1C#CCCS. The van der Waals surface area contributed by atoms with Gasteiger partial charge < -0.3 is 5.21 Å². The summed E-state index contributed by atoms with van der Waals surface area (Å²) in [5, 5.41) is 21.5. The number of hydrogen-bond acceptors (Lipinski definition) is 4. The molecule has 0 radical (unpaired) electrons. The highest BCUT2D eigenvalue weighted by molar-refractivity contribution is 7.80. The third kappa shape index (κ3) is 3.14. The Morgan fingerprint density at radius 3 is 2.93 bits per heavy atom. The van der Waals surface area contributed by atoms with Crippen LogP contribution in [0.1, 0.15) is 12.0 Å². The van der Waals surface area contributed by atoms with Crippen molar-refractivity contribution >= 4 is 18.3 Å². The summed E-state index contributed by atoms with van der Waals surface area (Å²) in [6, 6.07) is 1.14. The van der Waals surface area contributed by atoms with Gasteiger partial charge in [0, 0.05) is 12.2 Å². The van der Waals surface area contributed by atoms with E-state index in [0.29, 0.717) is 16.9 Å². The van der Waals surface area contributed by atoms with Gasteiger partial charge in [0.25, 0.3) is 5.69 Å². The Labute approximate surface area is 91.9 Å². The number of hydrogen-bond donors (Lipinski definition) is 1. The Morgan fingerprint density at radius 1 is 1.60 bits per heavy atom. The molecule has 1 rings (SSSR count). The van der Waals surface area contributed by atoms with E-state index in [0.717, 1.165) is 18.5 Å². The number of rotatable bonds is 2. The molecule has 0 spiro atoms. The minimum Gasteiger partial charge on any atom is -0.619 e. The second-order valence-corrected chi connectivity index (χ2v) is 3.08. The van der Waals surface area contributed by atoms with Gasteiger partial charge in [0.05, 0.1) is 11.0 Å². The highest BCUT2D eigenvalue weighted by atomic mass is 32.1. The predicted octanol–water partition coefficient (Wildman–Crippen LogP) is 0.900. The summed E-state index contributed by atoms with van der Waals surface area (Å²) in [7, 11) is 0. The minimum absolute atomic E-state index is 0.124. The largest absolute Gasteiger partial charge is 0.619 e. The van der Waals surface area contributed by atoms with Crippen molar-refractivity contribution in [2.24, 2.45) is 0 Å². The first-order chi connectivity index (χ1) is 7.15. The maximum Gasteiger partial charge on any atom is 0.297 e. The van der Waals surface area contributed by atoms with E-state index in [-0.39, 0.29) is 11.3 Å². The summed E-state index contributed by atoms with van der Waals surface area (Å²) >= 11 is 3.95. The van der Waals surface area contributed by atoms with Crippen LogP contribution in [-0.2, 0) is 0 Å². The topological polar surface area (TPSA) is 70.1 Å². The van der Waals surface area contributed by atoms with Crippen LogP contribution in [-0.4, -0.2) is 10.7 Å². The Morgan fingerprint density at radius 2 is 2.33 bits per heavy atom. The fourth-order valence-electron chi connectivity index (χ4n) is 0.939. The molecule has 1 heterocycles. The Hall–Kier alpha value is -1.74. The summed E-state index contributed by atoms with van der Waals surface area (Å²) in [4.78, 5) is 10.0. The van der Waals surface area contributed by atoms with Gasteiger partial charge in [-0.05, 0) is 0 Å². The molecule has 0 unspecified atom stereocenters. The average Bonchev–Trinajstić information content (AvgIpc) is 2.18. The van der Waals surface area contributed by atoms with Gasteiger partial charge in [-0.3, -0.25) is 10.1 Å². The van der Waals surface area contributed by atoms with Crippen LogP contribution in [0.2, 0.25) is 0 Å². The lowest BCUT2D eigenvalue weighted by Gasteiger charge is -1.96. The Bertz CT molecular complexity index is 437. The predicted molar refractivity (Wildman–Crippen MR) is 57.4 cm³/mol. The van der Waals surface area contributed by atoms with Crippen molar-refractivity contribution in [2.75, 3.05) is 5.75 Å². The van der Waals surface area contributed by atoms with Gasteiger partial charge in [-0.15, -0.1) is 0 Å². The summed E-state index contributed by atoms with van der Waals surface area (Å²) in [6.45, 7) is 0. The van der Waals surface area contributed by atoms with Gasteiger partial charge in [-0.2, -0.15) is 17.4 Å². The summed E-state index contributed by atoms with van der Waals surface area (Å²) in [5.74, 6) is 5.84. The van der Waals surface area contributed by atoms with Crippen LogP contribution in [0.3, 0.4) is 0 Å². The number of nitrogens with zero attached hydrogens (tertiary/aromatic N) is 2. The number of nitro groups is 1. The van der Waals surface area contributed by atoms with E-state index in [2.05, 4.69) is 24.5 Å². The molecule has 0 aromatic carbocycles. The van der Waals surface area contributed by atoms with Crippen molar-refractivity contribution in [3.05, 3.63) is 39.3 Å². The van der Waals surface area contributed by atoms with Gasteiger partial charge in [-0.25, -0.2) is 0 Å². The molecule has 1 aromatic heterocycles. The van der Waals surface area contributed by atoms with Gasteiger partial charge >= 0.3 is 0 Å². The molecule has 0 aliphatic rings. The molecule has 5 nitrogen and oxygen atoms in total. The van der Waals surface area contributed by atoms with E-state index in [9.17, 15) is 15.3 Å². The van der Waals surface area contributed by atoms with Crippen LogP contribution in [0.5, 0.6) is 0 Å². The molecule has 15 heavy (non-hydrogen) atoms. The third-order valence-electron chi connectivity index (χ3n) is 1.57.